The van der Waals surface area contributed by atoms with Gasteiger partial charge >= 0.3 is 92.6 Å². The Kier molecular flexibility index (Phi) is 7.62. The van der Waals surface area contributed by atoms with E-state index < -0.39 is 21.4 Å². The quantitative estimate of drug-likeness (QED) is 0.725. The average molecular weight is 287 g/mol. The van der Waals surface area contributed by atoms with Crippen LogP contribution in [0.5, 0.6) is 0 Å². The van der Waals surface area contributed by atoms with E-state index in [2.05, 4.69) is 46.7 Å². The fourth-order valence-corrected chi connectivity index (χ4v) is 12.1. The third kappa shape index (κ3) is 6.84. The number of hydrogen-bond acceptors (Lipinski definition) is 1. The fraction of sp³-hybridized carbons (Fsp3) is 1.00. The maximum absolute atomic E-state index is 2.44. The van der Waals surface area contributed by atoms with Crippen molar-refractivity contribution in [3.63, 3.8) is 0 Å². The SMILES string of the molecule is C[CH](C)[In]([CH2]CCN(C)C)[CH](C)C. The molecule has 0 aromatic heterocycles. The summed E-state index contributed by atoms with van der Waals surface area (Å²) in [6, 6.07) is 0. The molecule has 0 saturated heterocycles. The molecule has 0 aromatic rings. The van der Waals surface area contributed by atoms with Gasteiger partial charge in [-0.25, -0.2) is 0 Å². The molecule has 13 heavy (non-hydrogen) atoms. The van der Waals surface area contributed by atoms with Gasteiger partial charge < -0.3 is 0 Å². The molecule has 0 amide bonds. The molecule has 0 aliphatic carbocycles. The zero-order valence-corrected chi connectivity index (χ0v) is 13.6. The van der Waals surface area contributed by atoms with Crippen molar-refractivity contribution in [2.75, 3.05) is 20.6 Å². The second-order valence-electron chi connectivity index (χ2n) is 5.10. The van der Waals surface area contributed by atoms with Gasteiger partial charge in [-0.3, -0.25) is 0 Å². The second kappa shape index (κ2) is 7.17. The van der Waals surface area contributed by atoms with Crippen LogP contribution in [-0.2, 0) is 0 Å². The molecule has 2 heteroatoms. The minimum absolute atomic E-state index is 1.05. The van der Waals surface area contributed by atoms with Crippen LogP contribution in [0.4, 0.5) is 0 Å². The summed E-state index contributed by atoms with van der Waals surface area (Å²) in [7, 11) is 4.35. The molecule has 78 valence electrons. The molecule has 0 fully saturated rings. The Hall–Kier alpha value is 0.830. The van der Waals surface area contributed by atoms with Crippen molar-refractivity contribution in [2.24, 2.45) is 0 Å². The Bertz CT molecular complexity index is 113. The van der Waals surface area contributed by atoms with Gasteiger partial charge in [0.2, 0.25) is 0 Å². The molecule has 0 aliphatic heterocycles. The summed E-state index contributed by atoms with van der Waals surface area (Å²) < 4.78 is 3.68. The Morgan fingerprint density at radius 1 is 1.00 bits per heavy atom. The Balaban J connectivity index is 3.70. The second-order valence-corrected chi connectivity index (χ2v) is 18.1. The number of rotatable bonds is 6. The molecule has 0 heterocycles. The van der Waals surface area contributed by atoms with Gasteiger partial charge in [0.25, 0.3) is 0 Å². The van der Waals surface area contributed by atoms with Gasteiger partial charge in [-0.15, -0.1) is 0 Å². The van der Waals surface area contributed by atoms with E-state index in [1.165, 1.54) is 13.0 Å². The van der Waals surface area contributed by atoms with E-state index in [9.17, 15) is 0 Å². The molecule has 0 rings (SSSR count). The summed E-state index contributed by atoms with van der Waals surface area (Å²) in [4.78, 5) is 2.31. The van der Waals surface area contributed by atoms with Crippen molar-refractivity contribution in [1.82, 2.24) is 4.90 Å². The zero-order valence-electron chi connectivity index (χ0n) is 10.3. The predicted octanol–water partition coefficient (Wildman–Crippen LogP) is 3.25. The summed E-state index contributed by atoms with van der Waals surface area (Å²) in [5, 5.41) is 0. The van der Waals surface area contributed by atoms with E-state index in [1.807, 2.05) is 0 Å². The first kappa shape index (κ1) is 13.8. The van der Waals surface area contributed by atoms with Crippen molar-refractivity contribution in [2.45, 2.75) is 45.6 Å². The van der Waals surface area contributed by atoms with Gasteiger partial charge in [0.1, 0.15) is 0 Å². The summed E-state index contributed by atoms with van der Waals surface area (Å²) in [5.74, 6) is 0. The first-order valence-corrected chi connectivity index (χ1v) is 11.7. The fourth-order valence-electron chi connectivity index (χ4n) is 2.08. The van der Waals surface area contributed by atoms with Gasteiger partial charge in [-0.1, -0.05) is 0 Å². The van der Waals surface area contributed by atoms with E-state index >= 15 is 0 Å². The van der Waals surface area contributed by atoms with E-state index in [-0.39, 0.29) is 0 Å². The van der Waals surface area contributed by atoms with Gasteiger partial charge in [0, 0.05) is 0 Å². The van der Waals surface area contributed by atoms with E-state index in [1.54, 1.807) is 4.18 Å². The molecular formula is C11H26InN. The Morgan fingerprint density at radius 3 is 1.77 bits per heavy atom. The number of hydrogen-bond donors (Lipinski definition) is 0. The van der Waals surface area contributed by atoms with Gasteiger partial charge in [0.05, 0.1) is 0 Å². The topological polar surface area (TPSA) is 3.24 Å². The maximum atomic E-state index is 2.44. The zero-order chi connectivity index (χ0) is 10.4. The molecule has 0 radical (unpaired) electrons. The van der Waals surface area contributed by atoms with E-state index in [0.29, 0.717) is 0 Å². The molecule has 0 aliphatic rings. The standard InChI is InChI=1S/C5H12N.2C3H7.In/c1-4-5-6(2)3;2*1-3-2;/h1,4-5H2,2-3H3;2*3H,1-2H3;. The van der Waals surface area contributed by atoms with E-state index in [0.717, 1.165) is 7.35 Å². The van der Waals surface area contributed by atoms with Crippen molar-refractivity contribution in [3.8, 4) is 0 Å². The summed E-state index contributed by atoms with van der Waals surface area (Å²) in [6.07, 6.45) is 1.43. The van der Waals surface area contributed by atoms with Crippen LogP contribution in [0.1, 0.15) is 34.1 Å². The normalized spacial score (nSPS) is 11.8. The Labute approximate surface area is 92.4 Å². The van der Waals surface area contributed by atoms with Gasteiger partial charge in [0.15, 0.2) is 0 Å². The van der Waals surface area contributed by atoms with Gasteiger partial charge in [-0.2, -0.15) is 0 Å². The van der Waals surface area contributed by atoms with Crippen LogP contribution in [0.2, 0.25) is 11.5 Å². The van der Waals surface area contributed by atoms with Crippen LogP contribution in [-0.4, -0.2) is 47.0 Å². The molecule has 0 atom stereocenters. The van der Waals surface area contributed by atoms with Crippen molar-refractivity contribution in [1.29, 1.82) is 0 Å². The molecule has 0 aromatic carbocycles. The summed E-state index contributed by atoms with van der Waals surface area (Å²) >= 11 is -1.17. The van der Waals surface area contributed by atoms with Crippen LogP contribution in [0, 0.1) is 0 Å². The monoisotopic (exact) mass is 287 g/mol. The third-order valence-corrected chi connectivity index (χ3v) is 15.7. The minimum atomic E-state index is -1.17. The molecular weight excluding hydrogens is 261 g/mol. The third-order valence-electron chi connectivity index (χ3n) is 2.86. The van der Waals surface area contributed by atoms with Crippen LogP contribution in [0.15, 0.2) is 0 Å². The van der Waals surface area contributed by atoms with Crippen LogP contribution in [0.3, 0.4) is 0 Å². The van der Waals surface area contributed by atoms with Crippen molar-refractivity contribution < 1.29 is 0 Å². The Morgan fingerprint density at radius 2 is 1.46 bits per heavy atom. The molecule has 0 spiro atoms. The van der Waals surface area contributed by atoms with Crippen molar-refractivity contribution >= 4 is 21.4 Å². The molecule has 0 N–H and O–H groups in total. The van der Waals surface area contributed by atoms with Crippen LogP contribution in [0.25, 0.3) is 0 Å². The van der Waals surface area contributed by atoms with Crippen LogP contribution < -0.4 is 0 Å². The van der Waals surface area contributed by atoms with E-state index in [4.69, 9.17) is 0 Å². The first-order valence-electron chi connectivity index (χ1n) is 5.59. The number of nitrogens with zero attached hydrogens (tertiary/aromatic N) is 1. The first-order chi connectivity index (χ1) is 5.95. The van der Waals surface area contributed by atoms with Gasteiger partial charge in [-0.05, 0) is 0 Å². The molecule has 0 unspecified atom stereocenters. The van der Waals surface area contributed by atoms with Crippen LogP contribution >= 0.6 is 0 Å². The summed E-state index contributed by atoms with van der Waals surface area (Å²) in [5.41, 5.74) is 0. The van der Waals surface area contributed by atoms with Crippen molar-refractivity contribution in [3.05, 3.63) is 0 Å². The predicted molar refractivity (Wildman–Crippen MR) is 63.9 cm³/mol. The molecule has 1 nitrogen and oxygen atoms in total. The average Bonchev–Trinajstić information content (AvgIpc) is 1.95. The molecule has 0 saturated carbocycles. The molecule has 0 bridgehead atoms. The summed E-state index contributed by atoms with van der Waals surface area (Å²) in [6.45, 7) is 11.0.